The summed E-state index contributed by atoms with van der Waals surface area (Å²) in [5, 5.41) is 0. The molecule has 1 saturated heterocycles. The zero-order chi connectivity index (χ0) is 20.0. The fourth-order valence-electron chi connectivity index (χ4n) is 5.84. The van der Waals surface area contributed by atoms with Gasteiger partial charge >= 0.3 is 0 Å². The highest BCUT2D eigenvalue weighted by Gasteiger charge is 2.39. The summed E-state index contributed by atoms with van der Waals surface area (Å²) in [6.07, 6.45) is 15.4. The molecule has 0 saturated carbocycles. The maximum absolute atomic E-state index is 4.95. The van der Waals surface area contributed by atoms with Crippen molar-refractivity contribution in [3.8, 4) is 5.69 Å². The van der Waals surface area contributed by atoms with Gasteiger partial charge in [-0.25, -0.2) is 4.98 Å². The molecule has 0 radical (unpaired) electrons. The Bertz CT molecular complexity index is 951. The summed E-state index contributed by atoms with van der Waals surface area (Å²) in [6.45, 7) is 9.82. The van der Waals surface area contributed by atoms with Crippen LogP contribution < -0.4 is 0 Å². The first-order valence-electron chi connectivity index (χ1n) is 11.4. The standard InChI is InChI=1S/C26H33N3/c1-18(2)20-11-13-21(14-12-20)25-26-27-15-17-29(26)24-19(3)8-7-9-22(24)23-10-5-4-6-16-28(23)25/h7-9,13,15,17,20,23,25H,1,4-6,10-12,14,16H2,2-3H3. The van der Waals surface area contributed by atoms with E-state index in [1.807, 2.05) is 6.20 Å². The van der Waals surface area contributed by atoms with Gasteiger partial charge in [0.1, 0.15) is 5.82 Å². The van der Waals surface area contributed by atoms with Gasteiger partial charge in [0.05, 0.1) is 11.7 Å². The molecular formula is C26H33N3. The van der Waals surface area contributed by atoms with E-state index in [0.717, 1.165) is 19.4 Å². The molecule has 3 unspecified atom stereocenters. The van der Waals surface area contributed by atoms with E-state index in [4.69, 9.17) is 4.98 Å². The largest absolute Gasteiger partial charge is 0.302 e. The number of benzene rings is 1. The number of aryl methyl sites for hydroxylation is 1. The van der Waals surface area contributed by atoms with Gasteiger partial charge in [-0.1, -0.05) is 49.3 Å². The number of rotatable bonds is 2. The Kier molecular flexibility index (Phi) is 4.95. The molecule has 1 aromatic heterocycles. The lowest BCUT2D eigenvalue weighted by atomic mass is 9.82. The molecule has 3 atom stereocenters. The Labute approximate surface area is 175 Å². The van der Waals surface area contributed by atoms with E-state index in [0.29, 0.717) is 18.0 Å². The summed E-state index contributed by atoms with van der Waals surface area (Å²) in [5.74, 6) is 1.86. The highest BCUT2D eigenvalue weighted by molar-refractivity contribution is 5.52. The minimum Gasteiger partial charge on any atom is -0.302 e. The van der Waals surface area contributed by atoms with E-state index >= 15 is 0 Å². The third-order valence-corrected chi connectivity index (χ3v) is 7.40. The molecule has 1 aromatic carbocycles. The van der Waals surface area contributed by atoms with Gasteiger partial charge in [-0.15, -0.1) is 0 Å². The van der Waals surface area contributed by atoms with Crippen LogP contribution in [0.4, 0.5) is 0 Å². The monoisotopic (exact) mass is 387 g/mol. The number of fused-ring (bicyclic) bond motifs is 5. The number of allylic oxidation sites excluding steroid dienone is 2. The van der Waals surface area contributed by atoms with Crippen molar-refractivity contribution in [1.82, 2.24) is 14.5 Å². The average molecular weight is 388 g/mol. The number of hydrogen-bond acceptors (Lipinski definition) is 2. The number of nitrogens with zero attached hydrogens (tertiary/aromatic N) is 3. The Morgan fingerprint density at radius 2 is 2.07 bits per heavy atom. The second-order valence-corrected chi connectivity index (χ2v) is 9.27. The molecule has 1 fully saturated rings. The second-order valence-electron chi connectivity index (χ2n) is 9.27. The highest BCUT2D eigenvalue weighted by atomic mass is 15.3. The van der Waals surface area contributed by atoms with Gasteiger partial charge < -0.3 is 4.57 Å². The minimum atomic E-state index is 0.297. The highest BCUT2D eigenvalue weighted by Crippen LogP contribution is 2.47. The van der Waals surface area contributed by atoms with E-state index in [1.54, 1.807) is 5.57 Å². The molecule has 2 aromatic rings. The van der Waals surface area contributed by atoms with Crippen LogP contribution >= 0.6 is 0 Å². The lowest BCUT2D eigenvalue weighted by Gasteiger charge is -2.38. The van der Waals surface area contributed by atoms with Crippen molar-refractivity contribution in [3.63, 3.8) is 0 Å². The number of aromatic nitrogens is 2. The number of para-hydroxylation sites is 1. The van der Waals surface area contributed by atoms with Crippen LogP contribution in [-0.4, -0.2) is 21.0 Å². The first kappa shape index (κ1) is 18.9. The number of imidazole rings is 1. The molecule has 3 nitrogen and oxygen atoms in total. The van der Waals surface area contributed by atoms with Crippen LogP contribution in [-0.2, 0) is 0 Å². The molecule has 0 N–H and O–H groups in total. The van der Waals surface area contributed by atoms with Crippen LogP contribution in [0, 0.1) is 12.8 Å². The smallest absolute Gasteiger partial charge is 0.134 e. The molecule has 29 heavy (non-hydrogen) atoms. The van der Waals surface area contributed by atoms with Gasteiger partial charge in [0.25, 0.3) is 0 Å². The topological polar surface area (TPSA) is 21.1 Å². The van der Waals surface area contributed by atoms with Crippen LogP contribution in [0.1, 0.15) is 80.9 Å². The van der Waals surface area contributed by atoms with Crippen molar-refractivity contribution in [2.75, 3.05) is 6.54 Å². The van der Waals surface area contributed by atoms with Gasteiger partial charge in [0.2, 0.25) is 0 Å². The van der Waals surface area contributed by atoms with Gasteiger partial charge in [-0.2, -0.15) is 0 Å². The molecule has 2 aliphatic heterocycles. The molecule has 3 aliphatic rings. The first-order valence-corrected chi connectivity index (χ1v) is 11.4. The average Bonchev–Trinajstić information content (AvgIpc) is 3.00. The normalized spacial score (nSPS) is 27.1. The van der Waals surface area contributed by atoms with Crippen molar-refractivity contribution in [2.24, 2.45) is 5.92 Å². The van der Waals surface area contributed by atoms with Gasteiger partial charge in [0.15, 0.2) is 0 Å². The Balaban J connectivity index is 1.66. The number of hydrogen-bond donors (Lipinski definition) is 0. The fourth-order valence-corrected chi connectivity index (χ4v) is 5.84. The van der Waals surface area contributed by atoms with Gasteiger partial charge in [0, 0.05) is 18.4 Å². The maximum atomic E-state index is 4.95. The van der Waals surface area contributed by atoms with Crippen molar-refractivity contribution < 1.29 is 0 Å². The van der Waals surface area contributed by atoms with E-state index < -0.39 is 0 Å². The summed E-state index contributed by atoms with van der Waals surface area (Å²) >= 11 is 0. The van der Waals surface area contributed by atoms with Crippen LogP contribution in [0.2, 0.25) is 0 Å². The second kappa shape index (κ2) is 7.60. The first-order chi connectivity index (χ1) is 14.1. The molecular weight excluding hydrogens is 354 g/mol. The Hall–Kier alpha value is -2.13. The van der Waals surface area contributed by atoms with Crippen LogP contribution in [0.25, 0.3) is 5.69 Å². The molecule has 3 heterocycles. The Morgan fingerprint density at radius 3 is 2.86 bits per heavy atom. The zero-order valence-electron chi connectivity index (χ0n) is 17.9. The maximum Gasteiger partial charge on any atom is 0.134 e. The summed E-state index contributed by atoms with van der Waals surface area (Å²) in [4.78, 5) is 7.75. The van der Waals surface area contributed by atoms with Crippen molar-refractivity contribution in [1.29, 1.82) is 0 Å². The molecule has 5 rings (SSSR count). The Morgan fingerprint density at radius 1 is 1.17 bits per heavy atom. The minimum absolute atomic E-state index is 0.297. The van der Waals surface area contributed by atoms with Crippen LogP contribution in [0.3, 0.4) is 0 Å². The third-order valence-electron chi connectivity index (χ3n) is 7.40. The van der Waals surface area contributed by atoms with Crippen LogP contribution in [0.5, 0.6) is 0 Å². The summed E-state index contributed by atoms with van der Waals surface area (Å²) < 4.78 is 2.40. The van der Waals surface area contributed by atoms with Gasteiger partial charge in [-0.3, -0.25) is 4.90 Å². The van der Waals surface area contributed by atoms with E-state index in [2.05, 4.69) is 60.4 Å². The van der Waals surface area contributed by atoms with Crippen molar-refractivity contribution >= 4 is 0 Å². The van der Waals surface area contributed by atoms with E-state index in [9.17, 15) is 0 Å². The molecule has 152 valence electrons. The van der Waals surface area contributed by atoms with Crippen LogP contribution in [0.15, 0.2) is 54.4 Å². The summed E-state index contributed by atoms with van der Waals surface area (Å²) in [5.41, 5.74) is 7.12. The van der Waals surface area contributed by atoms with Gasteiger partial charge in [-0.05, 0) is 75.1 Å². The third kappa shape index (κ3) is 3.20. The SMILES string of the molecule is C=C(C)C1CC=C(C2c3nccn3-c3c(C)cccc3C3CCCCCN32)CC1. The van der Waals surface area contributed by atoms with Crippen molar-refractivity contribution in [3.05, 3.63) is 71.3 Å². The molecule has 0 bridgehead atoms. The quantitative estimate of drug-likeness (QED) is 0.552. The lowest BCUT2D eigenvalue weighted by Crippen LogP contribution is -2.34. The summed E-state index contributed by atoms with van der Waals surface area (Å²) in [7, 11) is 0. The molecule has 0 spiro atoms. The predicted octanol–water partition coefficient (Wildman–Crippen LogP) is 6.46. The summed E-state index contributed by atoms with van der Waals surface area (Å²) in [6, 6.07) is 7.64. The molecule has 0 amide bonds. The predicted molar refractivity (Wildman–Crippen MR) is 119 cm³/mol. The zero-order valence-corrected chi connectivity index (χ0v) is 17.9. The molecule has 3 heteroatoms. The lowest BCUT2D eigenvalue weighted by molar-refractivity contribution is 0.150. The fraction of sp³-hybridized carbons (Fsp3) is 0.500. The van der Waals surface area contributed by atoms with E-state index in [-0.39, 0.29) is 0 Å². The van der Waals surface area contributed by atoms with Crippen molar-refractivity contribution in [2.45, 2.75) is 70.9 Å². The van der Waals surface area contributed by atoms with E-state index in [1.165, 1.54) is 60.3 Å². The molecule has 1 aliphatic carbocycles.